The van der Waals surface area contributed by atoms with Gasteiger partial charge in [0.15, 0.2) is 0 Å². The number of ether oxygens (including phenoxy) is 2. The highest BCUT2D eigenvalue weighted by Gasteiger charge is 2.36. The highest BCUT2D eigenvalue weighted by Crippen LogP contribution is 2.34. The van der Waals surface area contributed by atoms with E-state index in [1.165, 1.54) is 25.7 Å². The summed E-state index contributed by atoms with van der Waals surface area (Å²) in [5, 5.41) is 3.46. The molecule has 0 saturated heterocycles. The van der Waals surface area contributed by atoms with Crippen molar-refractivity contribution in [2.75, 3.05) is 33.9 Å². The van der Waals surface area contributed by atoms with Crippen LogP contribution in [0, 0.1) is 0 Å². The van der Waals surface area contributed by atoms with Gasteiger partial charge in [0, 0.05) is 27.4 Å². The van der Waals surface area contributed by atoms with Gasteiger partial charge in [-0.3, -0.25) is 0 Å². The van der Waals surface area contributed by atoms with Crippen molar-refractivity contribution in [1.29, 1.82) is 0 Å². The average Bonchev–Trinajstić information content (AvgIpc) is 2.15. The first kappa shape index (κ1) is 12.0. The molecule has 0 aromatic carbocycles. The Hall–Kier alpha value is -0.120. The van der Waals surface area contributed by atoms with Crippen molar-refractivity contribution in [3.8, 4) is 0 Å². The number of unbranched alkanes of at least 4 members (excludes halogenated alkanes) is 1. The number of methoxy groups -OCH3 is 2. The van der Waals surface area contributed by atoms with Crippen molar-refractivity contribution < 1.29 is 9.47 Å². The van der Waals surface area contributed by atoms with Gasteiger partial charge >= 0.3 is 0 Å². The van der Waals surface area contributed by atoms with Crippen LogP contribution in [-0.4, -0.2) is 39.5 Å². The maximum absolute atomic E-state index is 5.51. The fraction of sp³-hybridized carbons (Fsp3) is 1.00. The van der Waals surface area contributed by atoms with Gasteiger partial charge in [0.05, 0.1) is 5.60 Å². The quantitative estimate of drug-likeness (QED) is 0.605. The molecule has 1 rings (SSSR count). The van der Waals surface area contributed by atoms with E-state index in [1.807, 2.05) is 7.11 Å². The lowest BCUT2D eigenvalue weighted by Gasteiger charge is -2.40. The van der Waals surface area contributed by atoms with Gasteiger partial charge in [-0.2, -0.15) is 0 Å². The SMILES string of the molecule is COCCCCNCC1(OC)CCC1. The van der Waals surface area contributed by atoms with Crippen LogP contribution >= 0.6 is 0 Å². The second kappa shape index (κ2) is 6.38. The third-order valence-corrected chi connectivity index (χ3v) is 3.10. The zero-order valence-corrected chi connectivity index (χ0v) is 9.47. The minimum Gasteiger partial charge on any atom is -0.385 e. The van der Waals surface area contributed by atoms with Crippen LogP contribution in [-0.2, 0) is 9.47 Å². The molecule has 0 amide bonds. The molecule has 3 heteroatoms. The predicted octanol–water partition coefficient (Wildman–Crippen LogP) is 1.57. The Balaban J connectivity index is 1.92. The minimum absolute atomic E-state index is 0.168. The molecule has 0 bridgehead atoms. The van der Waals surface area contributed by atoms with Gasteiger partial charge in [-0.25, -0.2) is 0 Å². The fourth-order valence-electron chi connectivity index (χ4n) is 1.84. The molecular formula is C11H23NO2. The summed E-state index contributed by atoms with van der Waals surface area (Å²) in [4.78, 5) is 0. The molecule has 1 fully saturated rings. The van der Waals surface area contributed by atoms with E-state index in [-0.39, 0.29) is 5.60 Å². The molecular weight excluding hydrogens is 178 g/mol. The second-order valence-corrected chi connectivity index (χ2v) is 4.12. The first-order chi connectivity index (χ1) is 6.83. The molecule has 0 unspecified atom stereocenters. The van der Waals surface area contributed by atoms with Gasteiger partial charge in [0.2, 0.25) is 0 Å². The maximum atomic E-state index is 5.51. The lowest BCUT2D eigenvalue weighted by atomic mass is 9.80. The lowest BCUT2D eigenvalue weighted by molar-refractivity contribution is -0.0692. The number of rotatable bonds is 8. The average molecular weight is 201 g/mol. The van der Waals surface area contributed by atoms with Crippen LogP contribution in [0.15, 0.2) is 0 Å². The monoisotopic (exact) mass is 201 g/mol. The Morgan fingerprint density at radius 1 is 1.21 bits per heavy atom. The Morgan fingerprint density at radius 2 is 2.00 bits per heavy atom. The molecule has 0 radical (unpaired) electrons. The Labute approximate surface area is 87.2 Å². The van der Waals surface area contributed by atoms with Crippen molar-refractivity contribution in [3.05, 3.63) is 0 Å². The Morgan fingerprint density at radius 3 is 2.50 bits per heavy atom. The van der Waals surface area contributed by atoms with Gasteiger partial charge in [-0.15, -0.1) is 0 Å². The molecule has 0 aliphatic heterocycles. The van der Waals surface area contributed by atoms with E-state index in [2.05, 4.69) is 5.32 Å². The van der Waals surface area contributed by atoms with Gasteiger partial charge in [0.1, 0.15) is 0 Å². The van der Waals surface area contributed by atoms with Crippen molar-refractivity contribution in [3.63, 3.8) is 0 Å². The van der Waals surface area contributed by atoms with Crippen molar-refractivity contribution in [1.82, 2.24) is 5.32 Å². The van der Waals surface area contributed by atoms with Gasteiger partial charge in [-0.05, 0) is 38.6 Å². The highest BCUT2D eigenvalue weighted by molar-refractivity contribution is 4.91. The topological polar surface area (TPSA) is 30.5 Å². The van der Waals surface area contributed by atoms with Crippen LogP contribution in [0.3, 0.4) is 0 Å². The summed E-state index contributed by atoms with van der Waals surface area (Å²) in [5.41, 5.74) is 0.168. The first-order valence-corrected chi connectivity index (χ1v) is 5.58. The third kappa shape index (κ3) is 3.56. The highest BCUT2D eigenvalue weighted by atomic mass is 16.5. The van der Waals surface area contributed by atoms with Crippen LogP contribution in [0.5, 0.6) is 0 Å². The normalized spacial score (nSPS) is 19.3. The van der Waals surface area contributed by atoms with E-state index in [9.17, 15) is 0 Å². The summed E-state index contributed by atoms with van der Waals surface area (Å²) in [6.45, 7) is 2.96. The third-order valence-electron chi connectivity index (χ3n) is 3.10. The van der Waals surface area contributed by atoms with Crippen LogP contribution in [0.4, 0.5) is 0 Å². The molecule has 0 spiro atoms. The molecule has 3 nitrogen and oxygen atoms in total. The van der Waals surface area contributed by atoms with E-state index in [4.69, 9.17) is 9.47 Å². The van der Waals surface area contributed by atoms with Gasteiger partial charge < -0.3 is 14.8 Å². The molecule has 14 heavy (non-hydrogen) atoms. The van der Waals surface area contributed by atoms with Crippen molar-refractivity contribution in [2.24, 2.45) is 0 Å². The fourth-order valence-corrected chi connectivity index (χ4v) is 1.84. The van der Waals surface area contributed by atoms with E-state index in [0.29, 0.717) is 0 Å². The predicted molar refractivity (Wildman–Crippen MR) is 57.6 cm³/mol. The molecule has 1 N–H and O–H groups in total. The zero-order chi connectivity index (χ0) is 10.3. The summed E-state index contributed by atoms with van der Waals surface area (Å²) >= 11 is 0. The maximum Gasteiger partial charge on any atom is 0.0802 e. The molecule has 1 aliphatic rings. The standard InChI is InChI=1S/C11H23NO2/c1-13-9-4-3-8-12-10-11(14-2)6-5-7-11/h12H,3-10H2,1-2H3. The van der Waals surface area contributed by atoms with Gasteiger partial charge in [-0.1, -0.05) is 0 Å². The number of nitrogens with one attached hydrogen (secondary N) is 1. The smallest absolute Gasteiger partial charge is 0.0802 e. The summed E-state index contributed by atoms with van der Waals surface area (Å²) in [7, 11) is 3.58. The van der Waals surface area contributed by atoms with E-state index in [1.54, 1.807) is 7.11 Å². The van der Waals surface area contributed by atoms with Crippen molar-refractivity contribution >= 4 is 0 Å². The largest absolute Gasteiger partial charge is 0.385 e. The molecule has 84 valence electrons. The molecule has 0 aromatic rings. The molecule has 0 atom stereocenters. The summed E-state index contributed by atoms with van der Waals surface area (Å²) in [6.07, 6.45) is 6.08. The zero-order valence-electron chi connectivity index (χ0n) is 9.47. The van der Waals surface area contributed by atoms with E-state index < -0.39 is 0 Å². The van der Waals surface area contributed by atoms with Crippen molar-refractivity contribution in [2.45, 2.75) is 37.7 Å². The van der Waals surface area contributed by atoms with Gasteiger partial charge in [0.25, 0.3) is 0 Å². The molecule has 1 aliphatic carbocycles. The molecule has 0 aromatic heterocycles. The molecule has 0 heterocycles. The Bertz CT molecular complexity index is 141. The summed E-state index contributed by atoms with van der Waals surface area (Å²) in [6, 6.07) is 0. The van der Waals surface area contributed by atoms with Crippen LogP contribution in [0.1, 0.15) is 32.1 Å². The molecule has 1 saturated carbocycles. The minimum atomic E-state index is 0.168. The number of hydrogen-bond donors (Lipinski definition) is 1. The summed E-state index contributed by atoms with van der Waals surface area (Å²) < 4.78 is 10.5. The first-order valence-electron chi connectivity index (χ1n) is 5.58. The number of hydrogen-bond acceptors (Lipinski definition) is 3. The Kier molecular flexibility index (Phi) is 5.45. The van der Waals surface area contributed by atoms with Crippen LogP contribution in [0.2, 0.25) is 0 Å². The summed E-state index contributed by atoms with van der Waals surface area (Å²) in [5.74, 6) is 0. The van der Waals surface area contributed by atoms with Crippen LogP contribution < -0.4 is 5.32 Å². The van der Waals surface area contributed by atoms with Crippen LogP contribution in [0.25, 0.3) is 0 Å². The van der Waals surface area contributed by atoms with E-state index in [0.717, 1.165) is 26.1 Å². The lowest BCUT2D eigenvalue weighted by Crippen LogP contribution is -2.48. The second-order valence-electron chi connectivity index (χ2n) is 4.12. The van der Waals surface area contributed by atoms with E-state index >= 15 is 0 Å².